The maximum Gasteiger partial charge on any atom is 0.240 e. The SMILES string of the molecule is CN=C(NCc1cccc(S(=O)(=O)NCCOC)c1)N(C)Cc1cccc(Cl)c1.I. The van der Waals surface area contributed by atoms with Gasteiger partial charge in [-0.15, -0.1) is 24.0 Å². The Morgan fingerprint density at radius 2 is 1.87 bits per heavy atom. The van der Waals surface area contributed by atoms with Gasteiger partial charge < -0.3 is 15.0 Å². The topological polar surface area (TPSA) is 83.0 Å². The van der Waals surface area contributed by atoms with Crippen LogP contribution in [-0.4, -0.2) is 53.6 Å². The van der Waals surface area contributed by atoms with Gasteiger partial charge in [0.25, 0.3) is 0 Å². The van der Waals surface area contributed by atoms with E-state index in [2.05, 4.69) is 15.0 Å². The van der Waals surface area contributed by atoms with Crippen LogP contribution >= 0.6 is 35.6 Å². The molecule has 10 heteroatoms. The summed E-state index contributed by atoms with van der Waals surface area (Å²) in [7, 11) is 1.59. The number of nitrogens with zero attached hydrogens (tertiary/aromatic N) is 2. The van der Waals surface area contributed by atoms with Crippen molar-refractivity contribution in [2.75, 3.05) is 34.4 Å². The zero-order valence-electron chi connectivity index (χ0n) is 17.3. The van der Waals surface area contributed by atoms with Crippen LogP contribution in [0.2, 0.25) is 5.02 Å². The number of hydrogen-bond donors (Lipinski definition) is 2. The van der Waals surface area contributed by atoms with E-state index in [4.69, 9.17) is 16.3 Å². The van der Waals surface area contributed by atoms with Gasteiger partial charge in [0.1, 0.15) is 0 Å². The first kappa shape index (κ1) is 26.6. The second-order valence-electron chi connectivity index (χ2n) is 6.42. The molecule has 2 N–H and O–H groups in total. The second kappa shape index (κ2) is 13.1. The molecule has 0 atom stereocenters. The summed E-state index contributed by atoms with van der Waals surface area (Å²) in [5.74, 6) is 0.691. The van der Waals surface area contributed by atoms with E-state index in [-0.39, 0.29) is 35.4 Å². The summed E-state index contributed by atoms with van der Waals surface area (Å²) in [6.07, 6.45) is 0. The maximum atomic E-state index is 12.4. The molecule has 0 saturated carbocycles. The van der Waals surface area contributed by atoms with Crippen molar-refractivity contribution in [3.63, 3.8) is 0 Å². The number of nitrogens with one attached hydrogen (secondary N) is 2. The van der Waals surface area contributed by atoms with E-state index in [0.29, 0.717) is 30.7 Å². The lowest BCUT2D eigenvalue weighted by atomic mass is 10.2. The van der Waals surface area contributed by atoms with Gasteiger partial charge in [-0.05, 0) is 35.4 Å². The van der Waals surface area contributed by atoms with E-state index in [9.17, 15) is 8.42 Å². The van der Waals surface area contributed by atoms with Crippen molar-refractivity contribution in [2.45, 2.75) is 18.0 Å². The van der Waals surface area contributed by atoms with Gasteiger partial charge in [0.15, 0.2) is 5.96 Å². The van der Waals surface area contributed by atoms with Crippen LogP contribution in [0, 0.1) is 0 Å². The van der Waals surface area contributed by atoms with Crippen LogP contribution < -0.4 is 10.0 Å². The highest BCUT2D eigenvalue weighted by atomic mass is 127. The quantitative estimate of drug-likeness (QED) is 0.211. The van der Waals surface area contributed by atoms with Gasteiger partial charge in [-0.3, -0.25) is 4.99 Å². The van der Waals surface area contributed by atoms with Crippen molar-refractivity contribution >= 4 is 51.6 Å². The summed E-state index contributed by atoms with van der Waals surface area (Å²) in [6.45, 7) is 1.62. The van der Waals surface area contributed by atoms with Gasteiger partial charge in [0.05, 0.1) is 11.5 Å². The molecule has 7 nitrogen and oxygen atoms in total. The van der Waals surface area contributed by atoms with Crippen molar-refractivity contribution in [3.8, 4) is 0 Å². The Balaban J connectivity index is 0.00000450. The van der Waals surface area contributed by atoms with Crippen LogP contribution in [0.1, 0.15) is 11.1 Å². The summed E-state index contributed by atoms with van der Waals surface area (Å²) in [6, 6.07) is 14.5. The molecule has 0 aliphatic rings. The number of methoxy groups -OCH3 is 1. The summed E-state index contributed by atoms with van der Waals surface area (Å²) in [5, 5.41) is 3.95. The number of halogens is 2. The molecule has 0 aliphatic heterocycles. The fourth-order valence-electron chi connectivity index (χ4n) is 2.73. The van der Waals surface area contributed by atoms with Gasteiger partial charge in [0, 0.05) is 45.9 Å². The molecular weight excluding hydrogens is 539 g/mol. The number of benzene rings is 2. The number of ether oxygens (including phenoxy) is 1. The normalized spacial score (nSPS) is 11.7. The summed E-state index contributed by atoms with van der Waals surface area (Å²) in [5.41, 5.74) is 1.90. The average molecular weight is 567 g/mol. The number of rotatable bonds is 9. The molecule has 0 heterocycles. The molecule has 0 unspecified atom stereocenters. The van der Waals surface area contributed by atoms with E-state index in [1.54, 1.807) is 25.2 Å². The first-order chi connectivity index (χ1) is 13.9. The minimum Gasteiger partial charge on any atom is -0.383 e. The van der Waals surface area contributed by atoms with Gasteiger partial charge in [0.2, 0.25) is 10.0 Å². The Labute approximate surface area is 200 Å². The van der Waals surface area contributed by atoms with Crippen LogP contribution in [0.4, 0.5) is 0 Å². The fourth-order valence-corrected chi connectivity index (χ4v) is 4.03. The smallest absolute Gasteiger partial charge is 0.240 e. The minimum absolute atomic E-state index is 0. The van der Waals surface area contributed by atoms with Crippen LogP contribution in [-0.2, 0) is 27.8 Å². The highest BCUT2D eigenvalue weighted by molar-refractivity contribution is 14.0. The van der Waals surface area contributed by atoms with Crippen molar-refractivity contribution in [3.05, 3.63) is 64.7 Å². The minimum atomic E-state index is -3.57. The molecule has 0 saturated heterocycles. The Morgan fingerprint density at radius 1 is 1.17 bits per heavy atom. The molecule has 0 spiro atoms. The van der Waals surface area contributed by atoms with Crippen molar-refractivity contribution in [1.29, 1.82) is 0 Å². The summed E-state index contributed by atoms with van der Waals surface area (Å²) < 4.78 is 32.1. The monoisotopic (exact) mass is 566 g/mol. The van der Waals surface area contributed by atoms with E-state index < -0.39 is 10.0 Å². The van der Waals surface area contributed by atoms with Gasteiger partial charge in [-0.1, -0.05) is 35.9 Å². The fraction of sp³-hybridized carbons (Fsp3) is 0.350. The molecule has 30 heavy (non-hydrogen) atoms. The number of guanidine groups is 1. The zero-order chi connectivity index (χ0) is 21.3. The molecule has 0 bridgehead atoms. The van der Waals surface area contributed by atoms with Gasteiger partial charge >= 0.3 is 0 Å². The molecular formula is C20H28ClIN4O3S. The van der Waals surface area contributed by atoms with E-state index in [1.807, 2.05) is 42.3 Å². The Hall–Kier alpha value is -1.40. The molecule has 2 aromatic carbocycles. The lowest BCUT2D eigenvalue weighted by Crippen LogP contribution is -2.38. The second-order valence-corrected chi connectivity index (χ2v) is 8.63. The average Bonchev–Trinajstić information content (AvgIpc) is 2.69. The van der Waals surface area contributed by atoms with Gasteiger partial charge in [-0.2, -0.15) is 0 Å². The van der Waals surface area contributed by atoms with Crippen LogP contribution in [0.3, 0.4) is 0 Å². The predicted octanol–water partition coefficient (Wildman–Crippen LogP) is 3.09. The number of hydrogen-bond acceptors (Lipinski definition) is 4. The lowest BCUT2D eigenvalue weighted by molar-refractivity contribution is 0.204. The maximum absolute atomic E-state index is 12.4. The molecule has 0 radical (unpaired) electrons. The van der Waals surface area contributed by atoms with Crippen molar-refractivity contribution in [2.24, 2.45) is 4.99 Å². The molecule has 0 fully saturated rings. The van der Waals surface area contributed by atoms with Crippen molar-refractivity contribution < 1.29 is 13.2 Å². The lowest BCUT2D eigenvalue weighted by Gasteiger charge is -2.22. The molecule has 0 amide bonds. The Morgan fingerprint density at radius 3 is 2.53 bits per heavy atom. The van der Waals surface area contributed by atoms with Crippen LogP contribution in [0.15, 0.2) is 58.4 Å². The van der Waals surface area contributed by atoms with Crippen LogP contribution in [0.5, 0.6) is 0 Å². The largest absolute Gasteiger partial charge is 0.383 e. The molecule has 166 valence electrons. The first-order valence-electron chi connectivity index (χ1n) is 9.09. The summed E-state index contributed by atoms with van der Waals surface area (Å²) >= 11 is 6.05. The zero-order valence-corrected chi connectivity index (χ0v) is 21.2. The highest BCUT2D eigenvalue weighted by Crippen LogP contribution is 2.13. The Kier molecular flexibility index (Phi) is 11.6. The summed E-state index contributed by atoms with van der Waals surface area (Å²) in [4.78, 5) is 6.49. The van der Waals surface area contributed by atoms with Gasteiger partial charge in [-0.25, -0.2) is 13.1 Å². The highest BCUT2D eigenvalue weighted by Gasteiger charge is 2.14. The number of sulfonamides is 1. The number of aliphatic imine (C=N–C) groups is 1. The van der Waals surface area contributed by atoms with E-state index in [1.165, 1.54) is 7.11 Å². The third-order valence-electron chi connectivity index (χ3n) is 4.14. The molecule has 2 rings (SSSR count). The Bertz CT molecular complexity index is 941. The van der Waals surface area contributed by atoms with Crippen LogP contribution in [0.25, 0.3) is 0 Å². The van der Waals surface area contributed by atoms with E-state index in [0.717, 1.165) is 11.1 Å². The third-order valence-corrected chi connectivity index (χ3v) is 5.83. The molecule has 0 aliphatic carbocycles. The standard InChI is InChI=1S/C20H27ClN4O3S.HI/c1-22-20(25(2)15-17-7-4-8-18(21)12-17)23-14-16-6-5-9-19(13-16)29(26,27)24-10-11-28-3;/h4-9,12-13,24H,10-11,14-15H2,1-3H3,(H,22,23);1H. The molecule has 2 aromatic rings. The van der Waals surface area contributed by atoms with Crippen molar-refractivity contribution in [1.82, 2.24) is 14.9 Å². The third kappa shape index (κ3) is 8.38. The molecule has 0 aromatic heterocycles. The first-order valence-corrected chi connectivity index (χ1v) is 11.0. The van der Waals surface area contributed by atoms with E-state index >= 15 is 0 Å². The predicted molar refractivity (Wildman–Crippen MR) is 132 cm³/mol.